The molecule has 0 aromatic carbocycles. The predicted octanol–water partition coefficient (Wildman–Crippen LogP) is 1.73. The van der Waals surface area contributed by atoms with Crippen LogP contribution in [-0.4, -0.2) is 24.1 Å². The summed E-state index contributed by atoms with van der Waals surface area (Å²) in [6, 6.07) is 1.04. The maximum atomic E-state index is 13.2. The van der Waals surface area contributed by atoms with Crippen LogP contribution in [0.3, 0.4) is 0 Å². The molecule has 4 nitrogen and oxygen atoms in total. The van der Waals surface area contributed by atoms with Gasteiger partial charge in [0.05, 0.1) is 18.7 Å². The van der Waals surface area contributed by atoms with E-state index in [1.807, 2.05) is 0 Å². The molecule has 0 spiro atoms. The Balaban J connectivity index is 0.00000256. The summed E-state index contributed by atoms with van der Waals surface area (Å²) < 4.78 is 31.1. The van der Waals surface area contributed by atoms with Gasteiger partial charge in [0.25, 0.3) is 5.92 Å². The molecule has 1 rings (SSSR count). The molecule has 0 saturated heterocycles. The van der Waals surface area contributed by atoms with Gasteiger partial charge < -0.3 is 10.5 Å². The zero-order valence-electron chi connectivity index (χ0n) is 9.15. The van der Waals surface area contributed by atoms with Crippen LogP contribution in [0.2, 0.25) is 0 Å². The van der Waals surface area contributed by atoms with Crippen molar-refractivity contribution in [1.82, 2.24) is 4.98 Å². The third-order valence-corrected chi connectivity index (χ3v) is 1.93. The molecule has 2 N–H and O–H groups in total. The number of carbonyl (C=O) groups is 1. The molecule has 1 heterocycles. The molecule has 1 aromatic heterocycles. The van der Waals surface area contributed by atoms with Gasteiger partial charge in [-0.1, -0.05) is 0 Å². The Morgan fingerprint density at radius 2 is 2.18 bits per heavy atom. The summed E-state index contributed by atoms with van der Waals surface area (Å²) in [5.41, 5.74) is 4.53. The highest BCUT2D eigenvalue weighted by molar-refractivity contribution is 5.89. The van der Waals surface area contributed by atoms with Crippen LogP contribution in [0.25, 0.3) is 0 Å². The highest BCUT2D eigenvalue weighted by Crippen LogP contribution is 2.26. The van der Waals surface area contributed by atoms with E-state index in [1.54, 1.807) is 6.92 Å². The summed E-state index contributed by atoms with van der Waals surface area (Å²) in [4.78, 5) is 14.8. The van der Waals surface area contributed by atoms with E-state index in [9.17, 15) is 13.6 Å². The number of hydrogen-bond donors (Lipinski definition) is 1. The number of alkyl halides is 2. The van der Waals surface area contributed by atoms with Gasteiger partial charge in [0.2, 0.25) is 0 Å². The second kappa shape index (κ2) is 6.46. The van der Waals surface area contributed by atoms with Gasteiger partial charge >= 0.3 is 5.97 Å². The van der Waals surface area contributed by atoms with Crippen molar-refractivity contribution in [1.29, 1.82) is 0 Å². The van der Waals surface area contributed by atoms with Crippen molar-refractivity contribution < 1.29 is 18.3 Å². The maximum absolute atomic E-state index is 13.2. The Labute approximate surface area is 104 Å². The molecule has 0 atom stereocenters. The van der Waals surface area contributed by atoms with Gasteiger partial charge in [0.1, 0.15) is 0 Å². The monoisotopic (exact) mass is 266 g/mol. The van der Waals surface area contributed by atoms with Crippen LogP contribution >= 0.6 is 12.4 Å². The van der Waals surface area contributed by atoms with E-state index in [4.69, 9.17) is 5.73 Å². The van der Waals surface area contributed by atoms with Gasteiger partial charge in [-0.15, -0.1) is 12.4 Å². The minimum absolute atomic E-state index is 0. The second-order valence-corrected chi connectivity index (χ2v) is 3.09. The molecule has 7 heteroatoms. The Morgan fingerprint density at radius 3 is 2.71 bits per heavy atom. The molecule has 1 aromatic rings. The summed E-state index contributed by atoms with van der Waals surface area (Å²) in [7, 11) is 0. The zero-order valence-corrected chi connectivity index (χ0v) is 9.97. The Hall–Kier alpha value is -1.27. The number of carbonyl (C=O) groups excluding carboxylic acids is 1. The second-order valence-electron chi connectivity index (χ2n) is 3.09. The van der Waals surface area contributed by atoms with Crippen molar-refractivity contribution in [3.05, 3.63) is 29.6 Å². The van der Waals surface area contributed by atoms with Crippen molar-refractivity contribution in [2.24, 2.45) is 5.73 Å². The fraction of sp³-hybridized carbons (Fsp3) is 0.400. The Morgan fingerprint density at radius 1 is 1.53 bits per heavy atom. The van der Waals surface area contributed by atoms with Crippen molar-refractivity contribution in [3.63, 3.8) is 0 Å². The van der Waals surface area contributed by atoms with Crippen molar-refractivity contribution >= 4 is 18.4 Å². The van der Waals surface area contributed by atoms with E-state index in [0.717, 1.165) is 12.3 Å². The lowest BCUT2D eigenvalue weighted by molar-refractivity contribution is 0.00550. The van der Waals surface area contributed by atoms with Gasteiger partial charge in [-0.25, -0.2) is 4.79 Å². The molecule has 0 unspecified atom stereocenters. The normalized spacial score (nSPS) is 10.6. The number of ether oxygens (including phenoxy) is 1. The Kier molecular flexibility index (Phi) is 5.98. The van der Waals surface area contributed by atoms with Crippen molar-refractivity contribution in [3.8, 4) is 0 Å². The van der Waals surface area contributed by atoms with E-state index in [-0.39, 0.29) is 30.1 Å². The average molecular weight is 267 g/mol. The van der Waals surface area contributed by atoms with Crippen molar-refractivity contribution in [2.45, 2.75) is 12.8 Å². The standard InChI is InChI=1S/C10H12F2N2O2.ClH/c1-2-16-9(15)7-3-8(5-14-4-7)10(11,12)6-13;/h3-5H,2,6,13H2,1H3;1H. The summed E-state index contributed by atoms with van der Waals surface area (Å²) in [5.74, 6) is -3.86. The van der Waals surface area contributed by atoms with Crippen LogP contribution in [-0.2, 0) is 10.7 Å². The van der Waals surface area contributed by atoms with E-state index < -0.39 is 18.4 Å². The summed E-state index contributed by atoms with van der Waals surface area (Å²) >= 11 is 0. The maximum Gasteiger partial charge on any atom is 0.339 e. The van der Waals surface area contributed by atoms with Gasteiger partial charge in [-0.3, -0.25) is 4.98 Å². The zero-order chi connectivity index (χ0) is 12.2. The van der Waals surface area contributed by atoms with Gasteiger partial charge in [-0.2, -0.15) is 8.78 Å². The number of nitrogens with zero attached hydrogens (tertiary/aromatic N) is 1. The first-order valence-electron chi connectivity index (χ1n) is 4.71. The van der Waals surface area contributed by atoms with Crippen LogP contribution in [0.15, 0.2) is 18.5 Å². The summed E-state index contributed by atoms with van der Waals surface area (Å²) in [5, 5.41) is 0. The largest absolute Gasteiger partial charge is 0.462 e. The lowest BCUT2D eigenvalue weighted by Crippen LogP contribution is -2.25. The third-order valence-electron chi connectivity index (χ3n) is 1.93. The van der Waals surface area contributed by atoms with Crippen LogP contribution in [0.5, 0.6) is 0 Å². The van der Waals surface area contributed by atoms with E-state index in [0.29, 0.717) is 0 Å². The number of pyridine rings is 1. The third kappa shape index (κ3) is 3.90. The van der Waals surface area contributed by atoms with Gasteiger partial charge in [0.15, 0.2) is 0 Å². The minimum atomic E-state index is -3.19. The molecule has 0 aliphatic heterocycles. The quantitative estimate of drug-likeness (QED) is 0.843. The summed E-state index contributed by atoms with van der Waals surface area (Å²) in [6.07, 6.45) is 2.16. The van der Waals surface area contributed by atoms with Gasteiger partial charge in [0, 0.05) is 18.0 Å². The number of halogens is 3. The number of hydrogen-bond acceptors (Lipinski definition) is 4. The number of rotatable bonds is 4. The molecule has 0 aliphatic rings. The number of nitrogens with two attached hydrogens (primary N) is 1. The fourth-order valence-electron chi connectivity index (χ4n) is 1.08. The number of aromatic nitrogens is 1. The molecule has 0 radical (unpaired) electrons. The average Bonchev–Trinajstić information content (AvgIpc) is 2.29. The predicted molar refractivity (Wildman–Crippen MR) is 60.4 cm³/mol. The lowest BCUT2D eigenvalue weighted by Gasteiger charge is -2.14. The van der Waals surface area contributed by atoms with E-state index in [2.05, 4.69) is 9.72 Å². The molecule has 17 heavy (non-hydrogen) atoms. The van der Waals surface area contributed by atoms with Crippen LogP contribution in [0.1, 0.15) is 22.8 Å². The summed E-state index contributed by atoms with van der Waals surface area (Å²) in [6.45, 7) is 0.973. The van der Waals surface area contributed by atoms with Crippen molar-refractivity contribution in [2.75, 3.05) is 13.2 Å². The lowest BCUT2D eigenvalue weighted by atomic mass is 10.1. The SMILES string of the molecule is CCOC(=O)c1cncc(C(F)(F)CN)c1.Cl. The Bertz CT molecular complexity index is 388. The van der Waals surface area contributed by atoms with Crippen LogP contribution < -0.4 is 5.73 Å². The topological polar surface area (TPSA) is 65.2 Å². The number of esters is 1. The fourth-order valence-corrected chi connectivity index (χ4v) is 1.08. The first kappa shape index (κ1) is 15.7. The molecule has 0 fully saturated rings. The molecule has 96 valence electrons. The van der Waals surface area contributed by atoms with E-state index in [1.165, 1.54) is 6.20 Å². The van der Waals surface area contributed by atoms with E-state index >= 15 is 0 Å². The van der Waals surface area contributed by atoms with Crippen LogP contribution in [0, 0.1) is 0 Å². The molecule has 0 saturated carbocycles. The molecular weight excluding hydrogens is 254 g/mol. The molecular formula is C10H13ClF2N2O2. The molecule has 0 aliphatic carbocycles. The first-order valence-corrected chi connectivity index (χ1v) is 4.71. The molecule has 0 amide bonds. The smallest absolute Gasteiger partial charge is 0.339 e. The highest BCUT2D eigenvalue weighted by atomic mass is 35.5. The van der Waals surface area contributed by atoms with Gasteiger partial charge in [-0.05, 0) is 13.0 Å². The molecule has 0 bridgehead atoms. The first-order chi connectivity index (χ1) is 7.51. The minimum Gasteiger partial charge on any atom is -0.462 e. The highest BCUT2D eigenvalue weighted by Gasteiger charge is 2.30. The van der Waals surface area contributed by atoms with Crippen LogP contribution in [0.4, 0.5) is 8.78 Å².